The van der Waals surface area contributed by atoms with Crippen molar-refractivity contribution < 1.29 is 33.5 Å². The van der Waals surface area contributed by atoms with E-state index in [9.17, 15) is 28.8 Å². The van der Waals surface area contributed by atoms with Crippen LogP contribution >= 0.6 is 0 Å². The Hall–Kier alpha value is -6.30. The molecule has 3 fully saturated rings. The van der Waals surface area contributed by atoms with Crippen LogP contribution < -0.4 is 26.0 Å². The molecule has 1 aliphatic carbocycles. The zero-order valence-electron chi connectivity index (χ0n) is 33.5. The van der Waals surface area contributed by atoms with Gasteiger partial charge < -0.3 is 30.2 Å². The minimum atomic E-state index is -1.08. The molecule has 3 aromatic heterocycles. The number of nitrogens with zero attached hydrogens (tertiary/aromatic N) is 7. The smallest absolute Gasteiger partial charge is 0.270 e. The third kappa shape index (κ3) is 8.83. The Morgan fingerprint density at radius 3 is 2.50 bits per heavy atom. The van der Waals surface area contributed by atoms with Crippen molar-refractivity contribution in [3.63, 3.8) is 0 Å². The fraction of sp³-hybridized carbons (Fsp3) is 0.476. The number of nitrogens with one attached hydrogen (secondary N) is 4. The predicted molar refractivity (Wildman–Crippen MR) is 217 cm³/mol. The molecule has 314 valence electrons. The number of hydrogen-bond acceptors (Lipinski definition) is 13. The van der Waals surface area contributed by atoms with Crippen molar-refractivity contribution in [2.75, 3.05) is 38.1 Å². The molecule has 4 N–H and O–H groups in total. The minimum absolute atomic E-state index is 0.0112. The number of hydrogen-bond donors (Lipinski definition) is 4. The first-order valence-corrected chi connectivity index (χ1v) is 20.8. The summed E-state index contributed by atoms with van der Waals surface area (Å²) in [6.45, 7) is 5.03. The van der Waals surface area contributed by atoms with Crippen LogP contribution in [-0.2, 0) is 14.4 Å². The summed E-state index contributed by atoms with van der Waals surface area (Å²) < 4.78 is 7.77. The van der Waals surface area contributed by atoms with E-state index in [-0.39, 0.29) is 66.3 Å². The molecular formula is C42H49N11O7. The van der Waals surface area contributed by atoms with Crippen LogP contribution in [0.3, 0.4) is 0 Å². The quantitative estimate of drug-likeness (QED) is 0.0945. The van der Waals surface area contributed by atoms with Gasteiger partial charge in [-0.3, -0.25) is 39.0 Å². The van der Waals surface area contributed by atoms with Crippen molar-refractivity contribution in [1.82, 2.24) is 50.3 Å². The SMILES string of the molecule is Cc1cccc(C(=O)NC2CC(n3cnc4c(NC5CCN(CCCCCCNC(=O)COc6cccc7c6C(=O)N(C6CCC(=O)NC6=O)C7=O)CC5)ncnc43)C2)n1. The monoisotopic (exact) mass is 819 g/mol. The fourth-order valence-electron chi connectivity index (χ4n) is 8.42. The van der Waals surface area contributed by atoms with Gasteiger partial charge in [-0.15, -0.1) is 0 Å². The van der Waals surface area contributed by atoms with E-state index in [0.717, 1.165) is 98.6 Å². The largest absolute Gasteiger partial charge is 0.483 e. The Kier molecular flexibility index (Phi) is 12.1. The number of ether oxygens (including phenoxy) is 1. The highest BCUT2D eigenvalue weighted by Crippen LogP contribution is 2.36. The molecule has 0 radical (unpaired) electrons. The van der Waals surface area contributed by atoms with E-state index >= 15 is 0 Å². The number of carbonyl (C=O) groups excluding carboxylic acids is 6. The van der Waals surface area contributed by atoms with Gasteiger partial charge >= 0.3 is 0 Å². The Labute approximate surface area is 346 Å². The van der Waals surface area contributed by atoms with E-state index in [1.165, 1.54) is 12.1 Å². The summed E-state index contributed by atoms with van der Waals surface area (Å²) in [5.74, 6) is -2.11. The standard InChI is InChI=1S/C42H49N11O7/c1-25-8-6-10-30(47-25)39(56)49-27-20-28(21-27)52-24-46-36-37(44-23-45-38(36)52)48-26-14-18-51(19-15-26)17-5-3-2-4-16-43-34(55)22-60-32-11-7-9-29-35(32)42(59)53(41(29)58)31-12-13-33(54)50-40(31)57/h6-11,23-24,26-28,31H,2-5,12-22H2,1H3,(H,43,55)(H,49,56)(H,44,45,48)(H,50,54,57). The molecule has 1 unspecified atom stereocenters. The molecule has 6 heterocycles. The number of carbonyl (C=O) groups is 6. The normalized spacial score (nSPS) is 20.8. The molecule has 4 aliphatic rings. The van der Waals surface area contributed by atoms with E-state index in [1.807, 2.05) is 25.4 Å². The molecule has 0 bridgehead atoms. The minimum Gasteiger partial charge on any atom is -0.483 e. The van der Waals surface area contributed by atoms with Gasteiger partial charge in [0.25, 0.3) is 23.6 Å². The van der Waals surface area contributed by atoms with Crippen molar-refractivity contribution in [3.05, 3.63) is 71.6 Å². The zero-order chi connectivity index (χ0) is 41.8. The van der Waals surface area contributed by atoms with Crippen molar-refractivity contribution in [1.29, 1.82) is 0 Å². The summed E-state index contributed by atoms with van der Waals surface area (Å²) in [5, 5.41) is 11.8. The average Bonchev–Trinajstić information content (AvgIpc) is 3.77. The van der Waals surface area contributed by atoms with Crippen LogP contribution in [0.15, 0.2) is 49.1 Å². The maximum atomic E-state index is 13.2. The van der Waals surface area contributed by atoms with Crippen molar-refractivity contribution in [2.24, 2.45) is 0 Å². The summed E-state index contributed by atoms with van der Waals surface area (Å²) in [6.07, 6.45) is 11.0. The van der Waals surface area contributed by atoms with Crippen molar-refractivity contribution in [2.45, 2.75) is 95.3 Å². The molecule has 6 amide bonds. The van der Waals surface area contributed by atoms with Crippen LogP contribution in [0, 0.1) is 6.92 Å². The first-order valence-electron chi connectivity index (χ1n) is 20.8. The van der Waals surface area contributed by atoms with Gasteiger partial charge in [-0.1, -0.05) is 25.0 Å². The molecule has 0 spiro atoms. The van der Waals surface area contributed by atoms with Crippen LogP contribution in [-0.4, -0.2) is 121 Å². The molecule has 1 saturated carbocycles. The predicted octanol–water partition coefficient (Wildman–Crippen LogP) is 2.70. The molecule has 2 saturated heterocycles. The number of aromatic nitrogens is 5. The van der Waals surface area contributed by atoms with E-state index in [4.69, 9.17) is 4.74 Å². The topological polar surface area (TPSA) is 223 Å². The maximum absolute atomic E-state index is 13.2. The molecule has 60 heavy (non-hydrogen) atoms. The number of amides is 6. The number of rotatable bonds is 16. The van der Waals surface area contributed by atoms with Crippen LogP contribution in [0.1, 0.15) is 107 Å². The summed E-state index contributed by atoms with van der Waals surface area (Å²) in [4.78, 5) is 96.9. The number of pyridine rings is 1. The number of piperidine rings is 2. The number of unbranched alkanes of at least 4 members (excludes halogenated alkanes) is 3. The highest BCUT2D eigenvalue weighted by molar-refractivity contribution is 6.24. The second-order valence-electron chi connectivity index (χ2n) is 15.9. The van der Waals surface area contributed by atoms with Crippen molar-refractivity contribution >= 4 is 52.4 Å². The lowest BCUT2D eigenvalue weighted by molar-refractivity contribution is -0.136. The van der Waals surface area contributed by atoms with Gasteiger partial charge in [0.15, 0.2) is 18.1 Å². The van der Waals surface area contributed by atoms with Gasteiger partial charge in [-0.05, 0) is 82.7 Å². The Morgan fingerprint density at radius 1 is 0.900 bits per heavy atom. The second-order valence-corrected chi connectivity index (χ2v) is 15.9. The molecule has 18 nitrogen and oxygen atoms in total. The maximum Gasteiger partial charge on any atom is 0.270 e. The number of aryl methyl sites for hydroxylation is 1. The molecule has 3 aliphatic heterocycles. The lowest BCUT2D eigenvalue weighted by Crippen LogP contribution is -2.54. The van der Waals surface area contributed by atoms with Gasteiger partial charge in [-0.2, -0.15) is 0 Å². The van der Waals surface area contributed by atoms with E-state index < -0.39 is 29.7 Å². The van der Waals surface area contributed by atoms with E-state index in [1.54, 1.807) is 18.5 Å². The Morgan fingerprint density at radius 2 is 1.70 bits per heavy atom. The summed E-state index contributed by atoms with van der Waals surface area (Å²) in [6, 6.07) is 9.47. The lowest BCUT2D eigenvalue weighted by Gasteiger charge is -2.36. The van der Waals surface area contributed by atoms with Crippen LogP contribution in [0.2, 0.25) is 0 Å². The number of imide groups is 2. The Balaban J connectivity index is 0.698. The fourth-order valence-corrected chi connectivity index (χ4v) is 8.42. The van der Waals surface area contributed by atoms with Gasteiger partial charge in [0.1, 0.15) is 29.3 Å². The molecular weight excluding hydrogens is 771 g/mol. The highest BCUT2D eigenvalue weighted by Gasteiger charge is 2.46. The lowest BCUT2D eigenvalue weighted by atomic mass is 9.86. The van der Waals surface area contributed by atoms with Crippen LogP contribution in [0.4, 0.5) is 5.82 Å². The van der Waals surface area contributed by atoms with Crippen LogP contribution in [0.5, 0.6) is 5.75 Å². The van der Waals surface area contributed by atoms with Gasteiger partial charge in [0.05, 0.1) is 17.5 Å². The first-order chi connectivity index (χ1) is 29.1. The first kappa shape index (κ1) is 40.5. The van der Waals surface area contributed by atoms with Crippen LogP contribution in [0.25, 0.3) is 11.2 Å². The molecule has 1 atom stereocenters. The Bertz CT molecular complexity index is 2300. The zero-order valence-corrected chi connectivity index (χ0v) is 33.5. The summed E-state index contributed by atoms with van der Waals surface area (Å²) in [7, 11) is 0. The third-order valence-corrected chi connectivity index (χ3v) is 11.8. The molecule has 8 rings (SSSR count). The summed E-state index contributed by atoms with van der Waals surface area (Å²) in [5.41, 5.74) is 2.90. The molecule has 1 aromatic carbocycles. The van der Waals surface area contributed by atoms with E-state index in [2.05, 4.69) is 50.7 Å². The third-order valence-electron chi connectivity index (χ3n) is 11.8. The second kappa shape index (κ2) is 17.9. The molecule has 4 aromatic rings. The van der Waals surface area contributed by atoms with E-state index in [0.29, 0.717) is 12.2 Å². The average molecular weight is 820 g/mol. The number of benzene rings is 1. The number of fused-ring (bicyclic) bond motifs is 2. The van der Waals surface area contributed by atoms with Gasteiger partial charge in [0.2, 0.25) is 11.8 Å². The number of anilines is 1. The van der Waals surface area contributed by atoms with Gasteiger partial charge in [0, 0.05) is 49.9 Å². The number of imidazole rings is 1. The molecule has 18 heteroatoms. The van der Waals surface area contributed by atoms with Gasteiger partial charge in [-0.25, -0.2) is 19.9 Å². The highest BCUT2D eigenvalue weighted by atomic mass is 16.5. The van der Waals surface area contributed by atoms with Crippen molar-refractivity contribution in [3.8, 4) is 5.75 Å². The number of likely N-dealkylation sites (tertiary alicyclic amines) is 1. The summed E-state index contributed by atoms with van der Waals surface area (Å²) >= 11 is 0.